The maximum absolute atomic E-state index is 12.4. The highest BCUT2D eigenvalue weighted by atomic mass is 32.1. The summed E-state index contributed by atoms with van der Waals surface area (Å²) in [5, 5.41) is 8.03. The Morgan fingerprint density at radius 2 is 1.77 bits per heavy atom. The Kier molecular flexibility index (Phi) is 4.50. The number of anilines is 2. The molecular weight excluding hydrogens is 346 g/mol. The van der Waals surface area contributed by atoms with Gasteiger partial charge in [0.1, 0.15) is 0 Å². The lowest BCUT2D eigenvalue weighted by Crippen LogP contribution is -2.15. The summed E-state index contributed by atoms with van der Waals surface area (Å²) in [7, 11) is 0. The summed E-state index contributed by atoms with van der Waals surface area (Å²) in [5.74, 6) is 0.132. The molecule has 1 aromatic heterocycles. The van der Waals surface area contributed by atoms with Crippen LogP contribution in [0.1, 0.15) is 28.3 Å². The number of benzene rings is 2. The minimum Gasteiger partial charge on any atom is -0.326 e. The zero-order valence-electron chi connectivity index (χ0n) is 13.9. The Hall–Kier alpha value is -2.99. The van der Waals surface area contributed by atoms with Crippen molar-refractivity contribution in [2.45, 2.75) is 12.3 Å². The average Bonchev–Trinajstić information content (AvgIpc) is 3.32. The topological polar surface area (TPSA) is 71.1 Å². The molecule has 2 atom stereocenters. The first-order valence-electron chi connectivity index (χ1n) is 8.37. The van der Waals surface area contributed by atoms with Gasteiger partial charge in [-0.3, -0.25) is 14.9 Å². The molecule has 0 radical (unpaired) electrons. The molecule has 4 rings (SSSR count). The first kappa shape index (κ1) is 16.5. The van der Waals surface area contributed by atoms with E-state index < -0.39 is 0 Å². The number of rotatable bonds is 5. The molecule has 1 fully saturated rings. The molecule has 2 aromatic carbocycles. The third kappa shape index (κ3) is 3.65. The second-order valence-corrected chi connectivity index (χ2v) is 7.11. The molecule has 5 nitrogen and oxygen atoms in total. The molecule has 1 aliphatic rings. The van der Waals surface area contributed by atoms with Gasteiger partial charge in [-0.25, -0.2) is 4.98 Å². The van der Waals surface area contributed by atoms with Gasteiger partial charge >= 0.3 is 0 Å². The van der Waals surface area contributed by atoms with Crippen LogP contribution in [0.5, 0.6) is 0 Å². The number of hydrogen-bond donors (Lipinski definition) is 2. The monoisotopic (exact) mass is 363 g/mol. The van der Waals surface area contributed by atoms with Crippen LogP contribution in [0, 0.1) is 5.92 Å². The fourth-order valence-electron chi connectivity index (χ4n) is 2.95. The summed E-state index contributed by atoms with van der Waals surface area (Å²) in [6.45, 7) is 0. The van der Waals surface area contributed by atoms with Gasteiger partial charge in [-0.05, 0) is 42.2 Å². The normalized spacial score (nSPS) is 18.2. The number of carbonyl (C=O) groups excluding carboxylic acids is 2. The van der Waals surface area contributed by atoms with E-state index in [1.807, 2.05) is 18.2 Å². The van der Waals surface area contributed by atoms with Crippen molar-refractivity contribution in [1.82, 2.24) is 4.98 Å². The number of nitrogens with one attached hydrogen (secondary N) is 2. The van der Waals surface area contributed by atoms with Crippen LogP contribution >= 0.6 is 11.3 Å². The van der Waals surface area contributed by atoms with Crippen molar-refractivity contribution in [3.63, 3.8) is 0 Å². The van der Waals surface area contributed by atoms with Crippen LogP contribution in [0.4, 0.5) is 10.8 Å². The average molecular weight is 363 g/mol. The van der Waals surface area contributed by atoms with Gasteiger partial charge in [0.25, 0.3) is 5.91 Å². The summed E-state index contributed by atoms with van der Waals surface area (Å²) in [6.07, 6.45) is 2.52. The van der Waals surface area contributed by atoms with Crippen molar-refractivity contribution in [3.8, 4) is 0 Å². The molecule has 0 spiro atoms. The van der Waals surface area contributed by atoms with E-state index in [-0.39, 0.29) is 17.7 Å². The SMILES string of the molecule is O=C(Nc1nccs1)c1ccc(NC(=O)[C@@H]2C[C@H]2c2ccccc2)cc1. The minimum absolute atomic E-state index is 0.0188. The minimum atomic E-state index is -0.218. The van der Waals surface area contributed by atoms with Crippen molar-refractivity contribution >= 4 is 34.0 Å². The Morgan fingerprint density at radius 1 is 1.00 bits per heavy atom. The van der Waals surface area contributed by atoms with E-state index in [0.717, 1.165) is 6.42 Å². The lowest BCUT2D eigenvalue weighted by Gasteiger charge is -2.07. The summed E-state index contributed by atoms with van der Waals surface area (Å²) < 4.78 is 0. The molecule has 0 bridgehead atoms. The molecule has 3 aromatic rings. The number of hydrogen-bond acceptors (Lipinski definition) is 4. The number of amides is 2. The second kappa shape index (κ2) is 7.09. The van der Waals surface area contributed by atoms with Crippen molar-refractivity contribution in [1.29, 1.82) is 0 Å². The molecule has 1 aliphatic carbocycles. The van der Waals surface area contributed by atoms with Crippen LogP contribution < -0.4 is 10.6 Å². The number of nitrogens with zero attached hydrogens (tertiary/aromatic N) is 1. The van der Waals surface area contributed by atoms with Gasteiger partial charge in [-0.15, -0.1) is 11.3 Å². The van der Waals surface area contributed by atoms with E-state index in [4.69, 9.17) is 0 Å². The predicted molar refractivity (Wildman–Crippen MR) is 102 cm³/mol. The van der Waals surface area contributed by atoms with E-state index in [1.165, 1.54) is 16.9 Å². The fraction of sp³-hybridized carbons (Fsp3) is 0.150. The van der Waals surface area contributed by atoms with Crippen LogP contribution in [0.15, 0.2) is 66.2 Å². The lowest BCUT2D eigenvalue weighted by molar-refractivity contribution is -0.117. The van der Waals surface area contributed by atoms with Gasteiger partial charge in [-0.1, -0.05) is 30.3 Å². The Morgan fingerprint density at radius 3 is 2.46 bits per heavy atom. The molecule has 130 valence electrons. The Balaban J connectivity index is 1.34. The van der Waals surface area contributed by atoms with Gasteiger partial charge in [0.2, 0.25) is 5.91 Å². The largest absolute Gasteiger partial charge is 0.326 e. The number of thiazole rings is 1. The van der Waals surface area contributed by atoms with Crippen molar-refractivity contribution in [2.24, 2.45) is 5.92 Å². The maximum Gasteiger partial charge on any atom is 0.257 e. The smallest absolute Gasteiger partial charge is 0.257 e. The summed E-state index contributed by atoms with van der Waals surface area (Å²) in [4.78, 5) is 28.6. The molecule has 0 unspecified atom stereocenters. The zero-order chi connectivity index (χ0) is 17.9. The molecule has 2 amide bonds. The maximum atomic E-state index is 12.4. The van der Waals surface area contributed by atoms with Gasteiger partial charge < -0.3 is 5.32 Å². The van der Waals surface area contributed by atoms with E-state index >= 15 is 0 Å². The highest BCUT2D eigenvalue weighted by molar-refractivity contribution is 7.13. The highest BCUT2D eigenvalue weighted by Crippen LogP contribution is 2.47. The highest BCUT2D eigenvalue weighted by Gasteiger charge is 2.43. The molecule has 1 saturated carbocycles. The summed E-state index contributed by atoms with van der Waals surface area (Å²) >= 11 is 1.37. The first-order valence-corrected chi connectivity index (χ1v) is 9.25. The Labute approximate surface area is 155 Å². The molecule has 0 aliphatic heterocycles. The number of carbonyl (C=O) groups is 2. The van der Waals surface area contributed by atoms with Crippen LogP contribution in [-0.4, -0.2) is 16.8 Å². The summed E-state index contributed by atoms with van der Waals surface area (Å²) in [5.41, 5.74) is 2.42. The zero-order valence-corrected chi connectivity index (χ0v) is 14.7. The van der Waals surface area contributed by atoms with Crippen LogP contribution in [-0.2, 0) is 4.79 Å². The van der Waals surface area contributed by atoms with E-state index in [2.05, 4.69) is 27.8 Å². The van der Waals surface area contributed by atoms with Gasteiger partial charge in [0.15, 0.2) is 5.13 Å². The third-order valence-electron chi connectivity index (χ3n) is 4.42. The quantitative estimate of drug-likeness (QED) is 0.716. The van der Waals surface area contributed by atoms with Crippen LogP contribution in [0.3, 0.4) is 0 Å². The molecular formula is C20H17N3O2S. The predicted octanol–water partition coefficient (Wildman–Crippen LogP) is 4.14. The molecule has 2 N–H and O–H groups in total. The Bertz CT molecular complexity index is 908. The van der Waals surface area contributed by atoms with E-state index in [1.54, 1.807) is 35.8 Å². The molecule has 26 heavy (non-hydrogen) atoms. The third-order valence-corrected chi connectivity index (χ3v) is 5.11. The number of aromatic nitrogens is 1. The van der Waals surface area contributed by atoms with Crippen molar-refractivity contribution < 1.29 is 9.59 Å². The second-order valence-electron chi connectivity index (χ2n) is 6.22. The lowest BCUT2D eigenvalue weighted by atomic mass is 10.1. The standard InChI is InChI=1S/C20H17N3O2S/c24-18(23-20-21-10-11-26-20)14-6-8-15(9-7-14)22-19(25)17-12-16(17)13-4-2-1-3-5-13/h1-11,16-17H,12H2,(H,22,25)(H,21,23,24)/t16-,17+/m0/s1. The van der Waals surface area contributed by atoms with Crippen molar-refractivity contribution in [3.05, 3.63) is 77.3 Å². The van der Waals surface area contributed by atoms with Crippen LogP contribution in [0.2, 0.25) is 0 Å². The molecule has 1 heterocycles. The van der Waals surface area contributed by atoms with Gasteiger partial charge in [0.05, 0.1) is 0 Å². The molecule has 6 heteroatoms. The van der Waals surface area contributed by atoms with Gasteiger partial charge in [-0.2, -0.15) is 0 Å². The van der Waals surface area contributed by atoms with Gasteiger partial charge in [0, 0.05) is 28.7 Å². The first-order chi connectivity index (χ1) is 12.7. The van der Waals surface area contributed by atoms with E-state index in [9.17, 15) is 9.59 Å². The molecule has 0 saturated heterocycles. The summed E-state index contributed by atoms with van der Waals surface area (Å²) in [6, 6.07) is 17.0. The van der Waals surface area contributed by atoms with Crippen molar-refractivity contribution in [2.75, 3.05) is 10.6 Å². The van der Waals surface area contributed by atoms with Crippen LogP contribution in [0.25, 0.3) is 0 Å². The van der Waals surface area contributed by atoms with E-state index in [0.29, 0.717) is 22.3 Å². The fourth-order valence-corrected chi connectivity index (χ4v) is 3.47.